The number of hydrogen-bond donors (Lipinski definition) is 1. The summed E-state index contributed by atoms with van der Waals surface area (Å²) >= 11 is 0. The summed E-state index contributed by atoms with van der Waals surface area (Å²) in [6, 6.07) is 9.09. The standard InChI is InChI=1S/C19H21N3O2/c1-13-9-14(2)11-16(10-13)21-18(23)17-12-15(5-6-20-17)19(24)22-7-3-4-8-22/h5-6,9-12H,3-4,7-8H2,1-2H3,(H,21,23). The fraction of sp³-hybridized carbons (Fsp3) is 0.316. The Labute approximate surface area is 141 Å². The summed E-state index contributed by atoms with van der Waals surface area (Å²) in [5.41, 5.74) is 3.65. The number of carbonyl (C=O) groups is 2. The number of benzene rings is 1. The topological polar surface area (TPSA) is 62.3 Å². The first-order valence-electron chi connectivity index (χ1n) is 8.18. The van der Waals surface area contributed by atoms with E-state index in [0.717, 1.165) is 42.7 Å². The van der Waals surface area contributed by atoms with E-state index < -0.39 is 0 Å². The molecule has 24 heavy (non-hydrogen) atoms. The first-order valence-corrected chi connectivity index (χ1v) is 8.18. The zero-order valence-electron chi connectivity index (χ0n) is 14.0. The van der Waals surface area contributed by atoms with Crippen molar-refractivity contribution in [3.05, 3.63) is 58.9 Å². The van der Waals surface area contributed by atoms with Crippen LogP contribution < -0.4 is 5.32 Å². The van der Waals surface area contributed by atoms with Gasteiger partial charge in [-0.3, -0.25) is 14.6 Å². The molecule has 2 aromatic rings. The Morgan fingerprint density at radius 3 is 2.38 bits per heavy atom. The van der Waals surface area contributed by atoms with Crippen molar-refractivity contribution in [1.29, 1.82) is 0 Å². The number of nitrogens with zero attached hydrogens (tertiary/aromatic N) is 2. The average Bonchev–Trinajstić information content (AvgIpc) is 3.07. The highest BCUT2D eigenvalue weighted by atomic mass is 16.2. The number of rotatable bonds is 3. The van der Waals surface area contributed by atoms with Crippen LogP contribution in [0.5, 0.6) is 0 Å². The molecule has 1 N–H and O–H groups in total. The van der Waals surface area contributed by atoms with E-state index in [4.69, 9.17) is 0 Å². The zero-order chi connectivity index (χ0) is 17.1. The predicted molar refractivity (Wildman–Crippen MR) is 93.2 cm³/mol. The Balaban J connectivity index is 1.77. The summed E-state index contributed by atoms with van der Waals surface area (Å²) in [7, 11) is 0. The molecular weight excluding hydrogens is 302 g/mol. The van der Waals surface area contributed by atoms with Gasteiger partial charge in [-0.05, 0) is 62.1 Å². The first-order chi connectivity index (χ1) is 11.5. The van der Waals surface area contributed by atoms with Crippen molar-refractivity contribution in [1.82, 2.24) is 9.88 Å². The lowest BCUT2D eigenvalue weighted by Gasteiger charge is -2.15. The van der Waals surface area contributed by atoms with E-state index in [9.17, 15) is 9.59 Å². The van der Waals surface area contributed by atoms with Crippen LogP contribution in [0, 0.1) is 13.8 Å². The van der Waals surface area contributed by atoms with Crippen LogP contribution in [0.25, 0.3) is 0 Å². The molecule has 0 spiro atoms. The Morgan fingerprint density at radius 1 is 1.04 bits per heavy atom. The molecule has 1 aromatic carbocycles. The second-order valence-electron chi connectivity index (χ2n) is 6.26. The number of pyridine rings is 1. The number of anilines is 1. The van der Waals surface area contributed by atoms with E-state index in [0.29, 0.717) is 5.56 Å². The Morgan fingerprint density at radius 2 is 1.71 bits per heavy atom. The van der Waals surface area contributed by atoms with Gasteiger partial charge in [-0.2, -0.15) is 0 Å². The summed E-state index contributed by atoms with van der Waals surface area (Å²) in [5.74, 6) is -0.341. The molecule has 2 heterocycles. The van der Waals surface area contributed by atoms with E-state index in [1.165, 1.54) is 6.20 Å². The predicted octanol–water partition coefficient (Wildman–Crippen LogP) is 3.19. The molecule has 1 aromatic heterocycles. The highest BCUT2D eigenvalue weighted by molar-refractivity contribution is 6.04. The van der Waals surface area contributed by atoms with Crippen LogP contribution in [0.3, 0.4) is 0 Å². The van der Waals surface area contributed by atoms with Gasteiger partial charge in [0.15, 0.2) is 0 Å². The van der Waals surface area contributed by atoms with Gasteiger partial charge in [-0.25, -0.2) is 0 Å². The maximum absolute atomic E-state index is 12.4. The number of aryl methyl sites for hydroxylation is 2. The fourth-order valence-corrected chi connectivity index (χ4v) is 3.03. The van der Waals surface area contributed by atoms with Crippen molar-refractivity contribution in [2.24, 2.45) is 0 Å². The number of hydrogen-bond acceptors (Lipinski definition) is 3. The maximum Gasteiger partial charge on any atom is 0.274 e. The van der Waals surface area contributed by atoms with Gasteiger partial charge < -0.3 is 10.2 Å². The molecule has 0 bridgehead atoms. The lowest BCUT2D eigenvalue weighted by molar-refractivity contribution is 0.0792. The third-order valence-electron chi connectivity index (χ3n) is 4.11. The molecule has 5 nitrogen and oxygen atoms in total. The lowest BCUT2D eigenvalue weighted by atomic mass is 10.1. The molecule has 0 saturated carbocycles. The minimum absolute atomic E-state index is 0.0321. The quantitative estimate of drug-likeness (QED) is 0.943. The van der Waals surface area contributed by atoms with Crippen LogP contribution in [0.15, 0.2) is 36.5 Å². The largest absolute Gasteiger partial charge is 0.339 e. The summed E-state index contributed by atoms with van der Waals surface area (Å²) in [6.45, 7) is 5.53. The Bertz CT molecular complexity index is 760. The second kappa shape index (κ2) is 6.83. The van der Waals surface area contributed by atoms with Crippen molar-refractivity contribution < 1.29 is 9.59 Å². The Hall–Kier alpha value is -2.69. The second-order valence-corrected chi connectivity index (χ2v) is 6.26. The van der Waals surface area contributed by atoms with Gasteiger partial charge in [0, 0.05) is 30.5 Å². The van der Waals surface area contributed by atoms with Gasteiger partial charge in [0.25, 0.3) is 11.8 Å². The van der Waals surface area contributed by atoms with E-state index >= 15 is 0 Å². The van der Waals surface area contributed by atoms with Crippen LogP contribution in [0.1, 0.15) is 44.8 Å². The lowest BCUT2D eigenvalue weighted by Crippen LogP contribution is -2.28. The molecule has 1 saturated heterocycles. The molecule has 2 amide bonds. The number of nitrogens with one attached hydrogen (secondary N) is 1. The number of aromatic nitrogens is 1. The molecular formula is C19H21N3O2. The van der Waals surface area contributed by atoms with Crippen LogP contribution in [0.2, 0.25) is 0 Å². The van der Waals surface area contributed by atoms with E-state index in [2.05, 4.69) is 10.3 Å². The highest BCUT2D eigenvalue weighted by Crippen LogP contribution is 2.16. The summed E-state index contributed by atoms with van der Waals surface area (Å²) in [4.78, 5) is 30.8. The normalized spacial score (nSPS) is 13.8. The minimum Gasteiger partial charge on any atom is -0.339 e. The SMILES string of the molecule is Cc1cc(C)cc(NC(=O)c2cc(C(=O)N3CCCC3)ccn2)c1. The third-order valence-corrected chi connectivity index (χ3v) is 4.11. The highest BCUT2D eigenvalue weighted by Gasteiger charge is 2.20. The molecule has 5 heteroatoms. The minimum atomic E-state index is -0.309. The van der Waals surface area contributed by atoms with Crippen molar-refractivity contribution >= 4 is 17.5 Å². The molecule has 1 aliphatic heterocycles. The van der Waals surface area contributed by atoms with Crippen molar-refractivity contribution in [3.8, 4) is 0 Å². The van der Waals surface area contributed by atoms with Gasteiger partial charge in [-0.1, -0.05) is 6.07 Å². The van der Waals surface area contributed by atoms with E-state index in [1.807, 2.05) is 36.9 Å². The van der Waals surface area contributed by atoms with Gasteiger partial charge in [0.1, 0.15) is 5.69 Å². The van der Waals surface area contributed by atoms with Crippen LogP contribution in [-0.4, -0.2) is 34.8 Å². The maximum atomic E-state index is 12.4. The van der Waals surface area contributed by atoms with Gasteiger partial charge in [0.05, 0.1) is 0 Å². The van der Waals surface area contributed by atoms with Crippen molar-refractivity contribution in [2.45, 2.75) is 26.7 Å². The summed E-state index contributed by atoms with van der Waals surface area (Å²) in [5, 5.41) is 2.85. The number of likely N-dealkylation sites (tertiary alicyclic amines) is 1. The molecule has 1 aliphatic rings. The molecule has 0 aliphatic carbocycles. The first kappa shape index (κ1) is 16.2. The summed E-state index contributed by atoms with van der Waals surface area (Å²) < 4.78 is 0. The van der Waals surface area contributed by atoms with Gasteiger partial charge in [0.2, 0.25) is 0 Å². The zero-order valence-corrected chi connectivity index (χ0v) is 14.0. The molecule has 3 rings (SSSR count). The molecule has 0 atom stereocenters. The average molecular weight is 323 g/mol. The molecule has 0 unspecified atom stereocenters. The summed E-state index contributed by atoms with van der Waals surface area (Å²) in [6.07, 6.45) is 3.59. The third kappa shape index (κ3) is 3.62. The van der Waals surface area contributed by atoms with Gasteiger partial charge in [-0.15, -0.1) is 0 Å². The Kier molecular flexibility index (Phi) is 4.60. The molecule has 124 valence electrons. The number of amides is 2. The fourth-order valence-electron chi connectivity index (χ4n) is 3.03. The molecule has 1 fully saturated rings. The monoisotopic (exact) mass is 323 g/mol. The van der Waals surface area contributed by atoms with Crippen molar-refractivity contribution in [2.75, 3.05) is 18.4 Å². The van der Waals surface area contributed by atoms with Crippen LogP contribution in [0.4, 0.5) is 5.69 Å². The van der Waals surface area contributed by atoms with Crippen molar-refractivity contribution in [3.63, 3.8) is 0 Å². The van der Waals surface area contributed by atoms with Crippen LogP contribution >= 0.6 is 0 Å². The van der Waals surface area contributed by atoms with E-state index in [1.54, 1.807) is 12.1 Å². The van der Waals surface area contributed by atoms with Gasteiger partial charge >= 0.3 is 0 Å². The van der Waals surface area contributed by atoms with E-state index in [-0.39, 0.29) is 17.5 Å². The smallest absolute Gasteiger partial charge is 0.274 e. The van der Waals surface area contributed by atoms with Crippen LogP contribution in [-0.2, 0) is 0 Å². The number of carbonyl (C=O) groups excluding carboxylic acids is 2. The molecule has 0 radical (unpaired) electrons.